The summed E-state index contributed by atoms with van der Waals surface area (Å²) in [6.45, 7) is 6.40. The lowest BCUT2D eigenvalue weighted by Gasteiger charge is -2.13. The van der Waals surface area contributed by atoms with Crippen LogP contribution in [0.15, 0.2) is 42.5 Å². The SMILES string of the molecule is C=C(CCl)C(C)OCc1ccccc1. The molecule has 0 aromatic heterocycles. The number of rotatable bonds is 5. The van der Waals surface area contributed by atoms with Gasteiger partial charge in [0.15, 0.2) is 0 Å². The minimum atomic E-state index is 0.0210. The van der Waals surface area contributed by atoms with Gasteiger partial charge >= 0.3 is 0 Å². The van der Waals surface area contributed by atoms with Gasteiger partial charge in [0.25, 0.3) is 0 Å². The molecule has 1 nitrogen and oxygen atoms in total. The van der Waals surface area contributed by atoms with Crippen molar-refractivity contribution in [3.63, 3.8) is 0 Å². The van der Waals surface area contributed by atoms with E-state index < -0.39 is 0 Å². The lowest BCUT2D eigenvalue weighted by Crippen LogP contribution is -2.11. The Morgan fingerprint density at radius 2 is 2.07 bits per heavy atom. The van der Waals surface area contributed by atoms with E-state index in [4.69, 9.17) is 16.3 Å². The van der Waals surface area contributed by atoms with Crippen LogP contribution < -0.4 is 0 Å². The predicted octanol–water partition coefficient (Wildman–Crippen LogP) is 3.39. The Hall–Kier alpha value is -0.790. The normalized spacial score (nSPS) is 12.4. The zero-order valence-electron chi connectivity index (χ0n) is 8.37. The summed E-state index contributed by atoms with van der Waals surface area (Å²) in [5.74, 6) is 0.454. The van der Waals surface area contributed by atoms with E-state index in [-0.39, 0.29) is 6.10 Å². The summed E-state index contributed by atoms with van der Waals surface area (Å²) in [5, 5.41) is 0. The van der Waals surface area contributed by atoms with Crippen molar-refractivity contribution >= 4 is 11.6 Å². The molecule has 0 saturated heterocycles. The van der Waals surface area contributed by atoms with Crippen LogP contribution in [0.25, 0.3) is 0 Å². The molecule has 0 aliphatic rings. The van der Waals surface area contributed by atoms with E-state index in [2.05, 4.69) is 6.58 Å². The first-order chi connectivity index (χ1) is 6.74. The zero-order chi connectivity index (χ0) is 10.4. The molecule has 0 bridgehead atoms. The quantitative estimate of drug-likeness (QED) is 0.535. The van der Waals surface area contributed by atoms with Crippen LogP contribution in [0.5, 0.6) is 0 Å². The monoisotopic (exact) mass is 210 g/mol. The fourth-order valence-electron chi connectivity index (χ4n) is 1.02. The minimum Gasteiger partial charge on any atom is -0.369 e. The van der Waals surface area contributed by atoms with Crippen molar-refractivity contribution in [2.24, 2.45) is 0 Å². The first-order valence-corrected chi connectivity index (χ1v) is 5.16. The van der Waals surface area contributed by atoms with Crippen LogP contribution >= 0.6 is 11.6 Å². The fraction of sp³-hybridized carbons (Fsp3) is 0.333. The van der Waals surface area contributed by atoms with E-state index in [1.54, 1.807) is 0 Å². The average Bonchev–Trinajstić information content (AvgIpc) is 2.26. The van der Waals surface area contributed by atoms with Gasteiger partial charge in [0.2, 0.25) is 0 Å². The van der Waals surface area contributed by atoms with E-state index in [1.807, 2.05) is 37.3 Å². The molecule has 0 N–H and O–H groups in total. The van der Waals surface area contributed by atoms with Crippen molar-refractivity contribution in [1.82, 2.24) is 0 Å². The standard InChI is InChI=1S/C12H15ClO/c1-10(8-13)11(2)14-9-12-6-4-3-5-7-12/h3-7,11H,1,8-9H2,2H3. The third-order valence-electron chi connectivity index (χ3n) is 2.09. The highest BCUT2D eigenvalue weighted by molar-refractivity contribution is 6.19. The third-order valence-corrected chi connectivity index (χ3v) is 2.43. The summed E-state index contributed by atoms with van der Waals surface area (Å²) >= 11 is 5.65. The Morgan fingerprint density at radius 3 is 2.64 bits per heavy atom. The van der Waals surface area contributed by atoms with Crippen molar-refractivity contribution in [3.05, 3.63) is 48.0 Å². The molecule has 14 heavy (non-hydrogen) atoms. The van der Waals surface area contributed by atoms with Crippen molar-refractivity contribution in [1.29, 1.82) is 0 Å². The maximum atomic E-state index is 5.65. The van der Waals surface area contributed by atoms with E-state index in [0.717, 1.165) is 5.57 Å². The van der Waals surface area contributed by atoms with Crippen LogP contribution in [-0.2, 0) is 11.3 Å². The lowest BCUT2D eigenvalue weighted by atomic mass is 10.2. The molecule has 0 spiro atoms. The van der Waals surface area contributed by atoms with Crippen molar-refractivity contribution in [2.45, 2.75) is 19.6 Å². The van der Waals surface area contributed by atoms with Gasteiger partial charge in [-0.25, -0.2) is 0 Å². The molecule has 76 valence electrons. The van der Waals surface area contributed by atoms with Crippen LogP contribution in [0.1, 0.15) is 12.5 Å². The molecule has 1 unspecified atom stereocenters. The van der Waals surface area contributed by atoms with Gasteiger partial charge in [0, 0.05) is 5.88 Å². The molecule has 1 aromatic rings. The van der Waals surface area contributed by atoms with Crippen LogP contribution in [0.2, 0.25) is 0 Å². The fourth-order valence-corrected chi connectivity index (χ4v) is 1.24. The van der Waals surface area contributed by atoms with Crippen LogP contribution in [0.4, 0.5) is 0 Å². The summed E-state index contributed by atoms with van der Waals surface area (Å²) in [6, 6.07) is 10.1. The molecule has 1 atom stereocenters. The molecule has 0 aliphatic carbocycles. The highest BCUT2D eigenvalue weighted by Crippen LogP contribution is 2.09. The van der Waals surface area contributed by atoms with Crippen LogP contribution in [0.3, 0.4) is 0 Å². The van der Waals surface area contributed by atoms with Gasteiger partial charge in [-0.2, -0.15) is 0 Å². The third kappa shape index (κ3) is 3.52. The Morgan fingerprint density at radius 1 is 1.43 bits per heavy atom. The Balaban J connectivity index is 2.38. The lowest BCUT2D eigenvalue weighted by molar-refractivity contribution is 0.0772. The molecule has 0 radical (unpaired) electrons. The Kier molecular flexibility index (Phi) is 4.71. The number of benzene rings is 1. The molecule has 0 heterocycles. The smallest absolute Gasteiger partial charge is 0.0770 e. The Labute approximate surface area is 90.3 Å². The topological polar surface area (TPSA) is 9.23 Å². The highest BCUT2D eigenvalue weighted by atomic mass is 35.5. The molecular weight excluding hydrogens is 196 g/mol. The maximum absolute atomic E-state index is 5.65. The van der Waals surface area contributed by atoms with Gasteiger partial charge in [-0.05, 0) is 18.1 Å². The second-order valence-electron chi connectivity index (χ2n) is 3.23. The van der Waals surface area contributed by atoms with Crippen molar-refractivity contribution in [2.75, 3.05) is 5.88 Å². The average molecular weight is 211 g/mol. The minimum absolute atomic E-state index is 0.0210. The van der Waals surface area contributed by atoms with Gasteiger partial charge in [0.05, 0.1) is 12.7 Å². The first kappa shape index (κ1) is 11.3. The number of halogens is 1. The summed E-state index contributed by atoms with van der Waals surface area (Å²) < 4.78 is 5.60. The highest BCUT2D eigenvalue weighted by Gasteiger charge is 2.05. The molecular formula is C12H15ClO. The van der Waals surface area contributed by atoms with Crippen LogP contribution in [0, 0.1) is 0 Å². The van der Waals surface area contributed by atoms with Gasteiger partial charge in [-0.3, -0.25) is 0 Å². The number of hydrogen-bond donors (Lipinski definition) is 0. The molecule has 0 aliphatic heterocycles. The van der Waals surface area contributed by atoms with Gasteiger partial charge in [-0.15, -0.1) is 11.6 Å². The van der Waals surface area contributed by atoms with Gasteiger partial charge in [0.1, 0.15) is 0 Å². The number of hydrogen-bond acceptors (Lipinski definition) is 1. The Bertz CT molecular complexity index is 282. The molecule has 0 saturated carbocycles. The van der Waals surface area contributed by atoms with E-state index >= 15 is 0 Å². The second-order valence-corrected chi connectivity index (χ2v) is 3.50. The van der Waals surface area contributed by atoms with Crippen LogP contribution in [-0.4, -0.2) is 12.0 Å². The van der Waals surface area contributed by atoms with Gasteiger partial charge in [-0.1, -0.05) is 36.9 Å². The van der Waals surface area contributed by atoms with E-state index in [1.165, 1.54) is 5.56 Å². The summed E-state index contributed by atoms with van der Waals surface area (Å²) in [6.07, 6.45) is 0.0210. The first-order valence-electron chi connectivity index (χ1n) is 4.63. The molecule has 0 fully saturated rings. The largest absolute Gasteiger partial charge is 0.369 e. The summed E-state index contributed by atoms with van der Waals surface area (Å²) in [7, 11) is 0. The maximum Gasteiger partial charge on any atom is 0.0770 e. The second kappa shape index (κ2) is 5.84. The van der Waals surface area contributed by atoms with Crippen molar-refractivity contribution in [3.8, 4) is 0 Å². The van der Waals surface area contributed by atoms with E-state index in [9.17, 15) is 0 Å². The van der Waals surface area contributed by atoms with Gasteiger partial charge < -0.3 is 4.74 Å². The predicted molar refractivity (Wildman–Crippen MR) is 60.6 cm³/mol. The zero-order valence-corrected chi connectivity index (χ0v) is 9.13. The van der Waals surface area contributed by atoms with Crippen molar-refractivity contribution < 1.29 is 4.74 Å². The molecule has 1 aromatic carbocycles. The summed E-state index contributed by atoms with van der Waals surface area (Å²) in [5.41, 5.74) is 2.09. The molecule has 1 rings (SSSR count). The number of alkyl halides is 1. The number of ether oxygens (including phenoxy) is 1. The van der Waals surface area contributed by atoms with E-state index in [0.29, 0.717) is 12.5 Å². The molecule has 2 heteroatoms. The molecule has 0 amide bonds. The summed E-state index contributed by atoms with van der Waals surface area (Å²) in [4.78, 5) is 0.